The van der Waals surface area contributed by atoms with Crippen LogP contribution >= 0.6 is 11.8 Å². The molecule has 2 aromatic rings. The zero-order valence-electron chi connectivity index (χ0n) is 13.0. The van der Waals surface area contributed by atoms with Crippen LogP contribution in [0, 0.1) is 0 Å². The minimum absolute atomic E-state index is 0.0379. The number of aromatic nitrogens is 3. The van der Waals surface area contributed by atoms with Gasteiger partial charge >= 0.3 is 6.18 Å². The first-order valence-corrected chi connectivity index (χ1v) is 8.86. The van der Waals surface area contributed by atoms with Crippen LogP contribution in [0.3, 0.4) is 0 Å². The molecule has 3 heterocycles. The summed E-state index contributed by atoms with van der Waals surface area (Å²) in [6, 6.07) is 1.66. The van der Waals surface area contributed by atoms with Crippen molar-refractivity contribution in [1.82, 2.24) is 15.0 Å². The van der Waals surface area contributed by atoms with Crippen molar-refractivity contribution in [3.8, 4) is 5.88 Å². The van der Waals surface area contributed by atoms with E-state index < -0.39 is 11.9 Å². The fourth-order valence-electron chi connectivity index (χ4n) is 2.94. The van der Waals surface area contributed by atoms with Gasteiger partial charge in [-0.15, -0.1) is 0 Å². The zero-order chi connectivity index (χ0) is 17.6. The highest BCUT2D eigenvalue weighted by molar-refractivity contribution is 7.98. The number of aromatic amines is 1. The number of nitrogens with one attached hydrogen (secondary N) is 1. The number of alkyl halides is 3. The highest BCUT2D eigenvalue weighted by Crippen LogP contribution is 2.45. The fraction of sp³-hybridized carbons (Fsp3) is 0.438. The van der Waals surface area contributed by atoms with Gasteiger partial charge in [0.1, 0.15) is 5.69 Å². The summed E-state index contributed by atoms with van der Waals surface area (Å²) < 4.78 is 45.2. The maximum absolute atomic E-state index is 13.3. The number of halogens is 3. The zero-order valence-corrected chi connectivity index (χ0v) is 13.8. The molecule has 1 fully saturated rings. The monoisotopic (exact) mass is 369 g/mol. The smallest absolute Gasteiger partial charge is 0.433 e. The second kappa shape index (κ2) is 6.05. The number of thioether (sulfide) groups is 1. The Hall–Kier alpha value is -2.03. The molecule has 1 aliphatic carbocycles. The Morgan fingerprint density at radius 1 is 1.36 bits per heavy atom. The molecule has 0 atom stereocenters. The van der Waals surface area contributed by atoms with Crippen molar-refractivity contribution in [3.63, 3.8) is 0 Å². The van der Waals surface area contributed by atoms with Crippen LogP contribution in [0.2, 0.25) is 0 Å². The van der Waals surface area contributed by atoms with Crippen LogP contribution in [-0.2, 0) is 18.3 Å². The molecule has 0 amide bonds. The first kappa shape index (κ1) is 16.4. The Balaban J connectivity index is 1.65. The normalized spacial score (nSPS) is 16.6. The number of nitrogens with zero attached hydrogens (tertiary/aromatic N) is 2. The van der Waals surface area contributed by atoms with Gasteiger partial charge < -0.3 is 9.72 Å². The molecule has 5 nitrogen and oxygen atoms in total. The molecule has 1 saturated carbocycles. The number of H-pyrrole nitrogens is 1. The first-order valence-electron chi connectivity index (χ1n) is 7.87. The summed E-state index contributed by atoms with van der Waals surface area (Å²) in [5, 5.41) is 0.254. The summed E-state index contributed by atoms with van der Waals surface area (Å²) in [6.45, 7) is 0.395. The Bertz CT molecular complexity index is 878. The molecule has 0 bridgehead atoms. The topological polar surface area (TPSA) is 67.9 Å². The average molecular weight is 369 g/mol. The van der Waals surface area contributed by atoms with E-state index in [0.717, 1.165) is 24.6 Å². The van der Waals surface area contributed by atoms with E-state index in [0.29, 0.717) is 24.2 Å². The minimum Gasteiger partial charge on any atom is -0.477 e. The molecular formula is C16H14F3N3O2S. The lowest BCUT2D eigenvalue weighted by molar-refractivity contribution is -0.141. The maximum atomic E-state index is 13.3. The van der Waals surface area contributed by atoms with E-state index in [2.05, 4.69) is 15.0 Å². The van der Waals surface area contributed by atoms with Gasteiger partial charge in [0.15, 0.2) is 5.16 Å². The molecule has 1 N–H and O–H groups in total. The summed E-state index contributed by atoms with van der Waals surface area (Å²) in [4.78, 5) is 22.3. The lowest BCUT2D eigenvalue weighted by Crippen LogP contribution is -2.14. The third-order valence-electron chi connectivity index (χ3n) is 4.28. The van der Waals surface area contributed by atoms with Gasteiger partial charge in [-0.05, 0) is 36.0 Å². The van der Waals surface area contributed by atoms with E-state index in [1.807, 2.05) is 0 Å². The summed E-state index contributed by atoms with van der Waals surface area (Å²) in [7, 11) is 0. The minimum atomic E-state index is -4.51. The lowest BCUT2D eigenvalue weighted by atomic mass is 10.0. The predicted molar refractivity (Wildman–Crippen MR) is 84.8 cm³/mol. The van der Waals surface area contributed by atoms with E-state index in [4.69, 9.17) is 4.74 Å². The first-order chi connectivity index (χ1) is 11.9. The maximum Gasteiger partial charge on any atom is 0.433 e. The molecule has 4 rings (SSSR count). The van der Waals surface area contributed by atoms with Gasteiger partial charge in [-0.2, -0.15) is 18.2 Å². The molecule has 1 aliphatic heterocycles. The van der Waals surface area contributed by atoms with E-state index in [9.17, 15) is 18.0 Å². The molecule has 0 spiro atoms. The Kier molecular flexibility index (Phi) is 3.98. The standard InChI is InChI=1S/C16H14F3N3O2S/c17-16(18,19)12-11(9(3-5-20-12)8-1-2-8)7-25-15-21-13(23)10-4-6-24-14(10)22-15/h3,5,8H,1-2,4,6-7H2,(H,21,22,23). The van der Waals surface area contributed by atoms with Gasteiger partial charge in [-0.1, -0.05) is 11.8 Å². The molecular weight excluding hydrogens is 355 g/mol. The van der Waals surface area contributed by atoms with Crippen LogP contribution in [0.4, 0.5) is 13.2 Å². The van der Waals surface area contributed by atoms with Crippen molar-refractivity contribution in [3.05, 3.63) is 45.0 Å². The molecule has 25 heavy (non-hydrogen) atoms. The summed E-state index contributed by atoms with van der Waals surface area (Å²) in [6.07, 6.45) is -1.02. The summed E-state index contributed by atoms with van der Waals surface area (Å²) in [5.41, 5.74) is 0.195. The van der Waals surface area contributed by atoms with Crippen molar-refractivity contribution < 1.29 is 17.9 Å². The van der Waals surface area contributed by atoms with Crippen LogP contribution in [0.15, 0.2) is 22.2 Å². The molecule has 0 radical (unpaired) electrons. The lowest BCUT2D eigenvalue weighted by Gasteiger charge is -2.15. The molecule has 0 unspecified atom stereocenters. The molecule has 2 aromatic heterocycles. The van der Waals surface area contributed by atoms with Crippen molar-refractivity contribution in [1.29, 1.82) is 0 Å². The Morgan fingerprint density at radius 3 is 2.88 bits per heavy atom. The van der Waals surface area contributed by atoms with Gasteiger partial charge in [-0.25, -0.2) is 0 Å². The van der Waals surface area contributed by atoms with Crippen LogP contribution in [0.1, 0.15) is 41.1 Å². The van der Waals surface area contributed by atoms with E-state index >= 15 is 0 Å². The Morgan fingerprint density at radius 2 is 2.16 bits per heavy atom. The van der Waals surface area contributed by atoms with Gasteiger partial charge in [0, 0.05) is 18.4 Å². The molecule has 9 heteroatoms. The number of hydrogen-bond donors (Lipinski definition) is 1. The number of hydrogen-bond acceptors (Lipinski definition) is 5. The van der Waals surface area contributed by atoms with Gasteiger partial charge in [0.05, 0.1) is 12.2 Å². The van der Waals surface area contributed by atoms with Gasteiger partial charge in [0.25, 0.3) is 5.56 Å². The second-order valence-electron chi connectivity index (χ2n) is 6.04. The third kappa shape index (κ3) is 3.24. The highest BCUT2D eigenvalue weighted by Gasteiger charge is 2.38. The Labute approximate surface area is 145 Å². The predicted octanol–water partition coefficient (Wildman–Crippen LogP) is 3.29. The van der Waals surface area contributed by atoms with E-state index in [-0.39, 0.29) is 33.8 Å². The van der Waals surface area contributed by atoms with Crippen LogP contribution in [0.5, 0.6) is 5.88 Å². The van der Waals surface area contributed by atoms with Crippen LogP contribution < -0.4 is 10.3 Å². The van der Waals surface area contributed by atoms with E-state index in [1.165, 1.54) is 6.20 Å². The number of fused-ring (bicyclic) bond motifs is 1. The number of ether oxygens (including phenoxy) is 1. The van der Waals surface area contributed by atoms with Crippen molar-refractivity contribution in [2.24, 2.45) is 0 Å². The summed E-state index contributed by atoms with van der Waals surface area (Å²) >= 11 is 1.06. The van der Waals surface area contributed by atoms with Gasteiger partial charge in [-0.3, -0.25) is 9.78 Å². The third-order valence-corrected chi connectivity index (χ3v) is 5.18. The van der Waals surface area contributed by atoms with Crippen molar-refractivity contribution in [2.45, 2.75) is 42.3 Å². The van der Waals surface area contributed by atoms with Crippen LogP contribution in [-0.4, -0.2) is 21.6 Å². The quantitative estimate of drug-likeness (QED) is 0.662. The molecule has 0 saturated heterocycles. The SMILES string of the molecule is O=c1[nH]c(SCc2c(C3CC3)ccnc2C(F)(F)F)nc2c1CCO2. The fourth-order valence-corrected chi connectivity index (χ4v) is 3.83. The summed E-state index contributed by atoms with van der Waals surface area (Å²) in [5.74, 6) is 0.474. The number of rotatable bonds is 4. The molecule has 132 valence electrons. The van der Waals surface area contributed by atoms with Crippen molar-refractivity contribution >= 4 is 11.8 Å². The molecule has 2 aliphatic rings. The molecule has 0 aromatic carbocycles. The van der Waals surface area contributed by atoms with E-state index in [1.54, 1.807) is 6.07 Å². The number of pyridine rings is 1. The van der Waals surface area contributed by atoms with Crippen molar-refractivity contribution in [2.75, 3.05) is 6.61 Å². The second-order valence-corrected chi connectivity index (χ2v) is 7.01. The van der Waals surface area contributed by atoms with Gasteiger partial charge in [0.2, 0.25) is 5.88 Å². The van der Waals surface area contributed by atoms with Crippen LogP contribution in [0.25, 0.3) is 0 Å². The average Bonchev–Trinajstić information content (AvgIpc) is 3.29. The largest absolute Gasteiger partial charge is 0.477 e. The highest BCUT2D eigenvalue weighted by atomic mass is 32.2.